The molecule has 1 aromatic heterocycles. The summed E-state index contributed by atoms with van der Waals surface area (Å²) in [5, 5.41) is 13.5. The zero-order valence-electron chi connectivity index (χ0n) is 30.6. The molecule has 4 aromatic rings. The first-order chi connectivity index (χ1) is 26.0. The molecular formula is C39H46ClN8O4PS. The van der Waals surface area contributed by atoms with Crippen LogP contribution in [0.5, 0.6) is 5.75 Å². The summed E-state index contributed by atoms with van der Waals surface area (Å²) < 4.78 is 18.7. The number of fused-ring (bicyclic) bond motifs is 1. The van der Waals surface area contributed by atoms with Gasteiger partial charge in [-0.1, -0.05) is 41.9 Å². The molecule has 3 aliphatic rings. The minimum Gasteiger partial charge on any atom is -0.494 e. The number of benzene rings is 3. The number of halogens is 1. The molecule has 0 aliphatic carbocycles. The molecule has 0 radical (unpaired) electrons. The molecule has 2 unspecified atom stereocenters. The molecule has 0 saturated carbocycles. The Labute approximate surface area is 326 Å². The maximum atomic E-state index is 12.9. The van der Waals surface area contributed by atoms with Gasteiger partial charge in [-0.2, -0.15) is 17.6 Å². The highest BCUT2D eigenvalue weighted by Gasteiger charge is 2.39. The fourth-order valence-electron chi connectivity index (χ4n) is 7.49. The number of hydrogen-bond acceptors (Lipinski definition) is 12. The third-order valence-electron chi connectivity index (χ3n) is 10.4. The van der Waals surface area contributed by atoms with E-state index in [-0.39, 0.29) is 23.2 Å². The molecule has 0 spiro atoms. The van der Waals surface area contributed by atoms with Gasteiger partial charge in [0.1, 0.15) is 17.9 Å². The van der Waals surface area contributed by atoms with Crippen LogP contribution in [0.25, 0.3) is 0 Å². The van der Waals surface area contributed by atoms with Crippen LogP contribution in [-0.2, 0) is 27.2 Å². The zero-order valence-corrected chi connectivity index (χ0v) is 33.2. The number of amides is 2. The maximum absolute atomic E-state index is 12.9. The van der Waals surface area contributed by atoms with Crippen molar-refractivity contribution in [2.24, 2.45) is 5.92 Å². The summed E-state index contributed by atoms with van der Waals surface area (Å²) >= 11 is 11.3. The Morgan fingerprint density at radius 2 is 1.81 bits per heavy atom. The number of imide groups is 1. The van der Waals surface area contributed by atoms with Crippen molar-refractivity contribution in [2.45, 2.75) is 50.2 Å². The van der Waals surface area contributed by atoms with Gasteiger partial charge in [0.2, 0.25) is 17.8 Å². The molecule has 2 saturated heterocycles. The highest BCUT2D eigenvalue weighted by atomic mass is 35.5. The fraction of sp³-hybridized carbons (Fsp3) is 0.385. The van der Waals surface area contributed by atoms with E-state index in [4.69, 9.17) is 29.0 Å². The third kappa shape index (κ3) is 8.56. The number of nitrogens with one attached hydrogen (secondary N) is 4. The minimum atomic E-state index is -2.54. The van der Waals surface area contributed by atoms with Crippen molar-refractivity contribution >= 4 is 77.3 Å². The van der Waals surface area contributed by atoms with Crippen molar-refractivity contribution in [1.29, 1.82) is 0 Å². The van der Waals surface area contributed by atoms with Gasteiger partial charge in [0.15, 0.2) is 5.82 Å². The summed E-state index contributed by atoms with van der Waals surface area (Å²) in [7, 11) is -0.894. The number of hydrogen-bond donors (Lipinski definition) is 5. The summed E-state index contributed by atoms with van der Waals surface area (Å²) in [5.74, 6) is 1.56. The van der Waals surface area contributed by atoms with E-state index in [0.717, 1.165) is 61.3 Å². The Hall–Kier alpha value is -4.13. The van der Waals surface area contributed by atoms with Crippen LogP contribution in [-0.4, -0.2) is 72.8 Å². The molecule has 15 heteroatoms. The van der Waals surface area contributed by atoms with Gasteiger partial charge in [-0.3, -0.25) is 19.8 Å². The van der Waals surface area contributed by atoms with Crippen LogP contribution in [0, 0.1) is 5.92 Å². The lowest BCUT2D eigenvalue weighted by Gasteiger charge is -2.34. The lowest BCUT2D eigenvalue weighted by atomic mass is 9.96. The maximum Gasteiger partial charge on any atom is 0.243 e. The molecular weight excluding hydrogens is 743 g/mol. The number of thiol groups is 1. The average molecular weight is 789 g/mol. The van der Waals surface area contributed by atoms with Crippen LogP contribution < -0.4 is 36.2 Å². The van der Waals surface area contributed by atoms with E-state index in [1.165, 1.54) is 17.3 Å². The quantitative estimate of drug-likeness (QED) is 0.0617. The van der Waals surface area contributed by atoms with Crippen molar-refractivity contribution in [3.8, 4) is 5.75 Å². The predicted octanol–water partition coefficient (Wildman–Crippen LogP) is 6.43. The van der Waals surface area contributed by atoms with Crippen molar-refractivity contribution in [2.75, 3.05) is 55.6 Å². The Bertz CT molecular complexity index is 2090. The number of aromatic nitrogens is 2. The van der Waals surface area contributed by atoms with E-state index in [1.54, 1.807) is 20.4 Å². The monoisotopic (exact) mass is 788 g/mol. The normalized spacial score (nSPS) is 19.4. The van der Waals surface area contributed by atoms with Gasteiger partial charge < -0.3 is 30.2 Å². The summed E-state index contributed by atoms with van der Waals surface area (Å²) in [6, 6.07) is 19.7. The Kier molecular flexibility index (Phi) is 11.5. The second kappa shape index (κ2) is 16.3. The van der Waals surface area contributed by atoms with Gasteiger partial charge >= 0.3 is 0 Å². The van der Waals surface area contributed by atoms with Gasteiger partial charge in [-0.05, 0) is 86.0 Å². The van der Waals surface area contributed by atoms with Crippen LogP contribution in [0.1, 0.15) is 47.7 Å². The highest BCUT2D eigenvalue weighted by molar-refractivity contribution is 7.80. The first-order valence-electron chi connectivity index (χ1n) is 18.2. The Balaban J connectivity index is 0.911. The van der Waals surface area contributed by atoms with E-state index < -0.39 is 7.14 Å². The molecule has 4 heterocycles. The van der Waals surface area contributed by atoms with Gasteiger partial charge in [0.05, 0.1) is 36.1 Å². The van der Waals surface area contributed by atoms with Gasteiger partial charge in [-0.25, -0.2) is 4.98 Å². The molecule has 0 bridgehead atoms. The molecule has 2 amide bonds. The molecule has 3 aromatic carbocycles. The fourth-order valence-corrected chi connectivity index (χ4v) is 9.26. The first-order valence-corrected chi connectivity index (χ1v) is 21.7. The molecule has 4 N–H and O–H groups in total. The zero-order chi connectivity index (χ0) is 38.0. The SMILES string of the molecule is COc1cc(N2CCC(CNCc3ccc4c(c3)C(S)N(C3CCC(=O)NC3=O)C4)CC2)ccc1Nc1ncc(Cl)c(Nc2ccccc2P(C)(C)=O)n1. The number of anilines is 5. The summed E-state index contributed by atoms with van der Waals surface area (Å²) in [6.07, 6.45) is 4.56. The third-order valence-corrected chi connectivity index (χ3v) is 12.8. The molecule has 2 fully saturated rings. The number of piperidine rings is 2. The lowest BCUT2D eigenvalue weighted by molar-refractivity contribution is -0.137. The standard InChI is InChI=1S/C39H46ClN8O4PS/c1-52-33-19-27(10-11-30(33)44-39-42-22-29(40)36(46-39)43-31-6-4-5-7-34(31)53(2,3)51)47-16-14-24(15-17-47)20-41-21-25-8-9-26-23-48(38(54)28(26)18-25)32-12-13-35(49)45-37(32)50/h4-11,18-19,22,24,32,38,41,54H,12-17,20-21,23H2,1-3H3,(H,45,49,50)(H2,42,43,44,46). The van der Waals surface area contributed by atoms with E-state index in [1.807, 2.05) is 36.4 Å². The van der Waals surface area contributed by atoms with Crippen molar-refractivity contribution in [3.63, 3.8) is 0 Å². The van der Waals surface area contributed by atoms with Crippen LogP contribution in [0.15, 0.2) is 66.9 Å². The van der Waals surface area contributed by atoms with E-state index >= 15 is 0 Å². The first kappa shape index (κ1) is 38.2. The van der Waals surface area contributed by atoms with Crippen LogP contribution in [0.2, 0.25) is 5.02 Å². The summed E-state index contributed by atoms with van der Waals surface area (Å²) in [6.45, 7) is 7.70. The van der Waals surface area contributed by atoms with Gasteiger partial charge in [-0.15, -0.1) is 0 Å². The Morgan fingerprint density at radius 1 is 1.02 bits per heavy atom. The topological polar surface area (TPSA) is 141 Å². The predicted molar refractivity (Wildman–Crippen MR) is 219 cm³/mol. The Morgan fingerprint density at radius 3 is 2.57 bits per heavy atom. The molecule has 3 aliphatic heterocycles. The van der Waals surface area contributed by atoms with Gasteiger partial charge in [0.25, 0.3) is 0 Å². The number of nitrogens with zero attached hydrogens (tertiary/aromatic N) is 4. The second-order valence-corrected chi connectivity index (χ2v) is 18.6. The van der Waals surface area contributed by atoms with E-state index in [9.17, 15) is 14.2 Å². The number of ether oxygens (including phenoxy) is 1. The minimum absolute atomic E-state index is 0.175. The average Bonchev–Trinajstić information content (AvgIpc) is 3.48. The van der Waals surface area contributed by atoms with E-state index in [2.05, 4.69) is 65.3 Å². The van der Waals surface area contributed by atoms with Crippen LogP contribution in [0.3, 0.4) is 0 Å². The smallest absolute Gasteiger partial charge is 0.243 e. The summed E-state index contributed by atoms with van der Waals surface area (Å²) in [4.78, 5) is 37.6. The highest BCUT2D eigenvalue weighted by Crippen LogP contribution is 2.41. The molecule has 284 valence electrons. The molecule has 12 nitrogen and oxygen atoms in total. The van der Waals surface area contributed by atoms with Crippen molar-refractivity contribution in [3.05, 3.63) is 88.6 Å². The number of carbonyl (C=O) groups is 2. The van der Waals surface area contributed by atoms with Crippen LogP contribution in [0.4, 0.5) is 28.8 Å². The number of para-hydroxylation sites is 1. The van der Waals surface area contributed by atoms with E-state index in [0.29, 0.717) is 53.5 Å². The number of rotatable bonds is 12. The largest absolute Gasteiger partial charge is 0.494 e. The molecule has 2 atom stereocenters. The second-order valence-electron chi connectivity index (χ2n) is 14.5. The van der Waals surface area contributed by atoms with Gasteiger partial charge in [0, 0.05) is 49.7 Å². The van der Waals surface area contributed by atoms with Crippen molar-refractivity contribution < 1.29 is 18.9 Å². The van der Waals surface area contributed by atoms with Crippen molar-refractivity contribution in [1.82, 2.24) is 25.5 Å². The summed E-state index contributed by atoms with van der Waals surface area (Å²) in [5.41, 5.74) is 6.02. The number of methoxy groups -OCH3 is 1. The lowest BCUT2D eigenvalue weighted by Crippen LogP contribution is -2.51. The molecule has 7 rings (SSSR count). The number of carbonyl (C=O) groups excluding carboxylic acids is 2. The molecule has 54 heavy (non-hydrogen) atoms. The van der Waals surface area contributed by atoms with Crippen LogP contribution >= 0.6 is 31.4 Å².